The maximum atomic E-state index is 12.8. The van der Waals surface area contributed by atoms with E-state index in [0.717, 1.165) is 11.1 Å². The topological polar surface area (TPSA) is 135 Å². The second-order valence-corrected chi connectivity index (χ2v) is 6.08. The predicted molar refractivity (Wildman–Crippen MR) is 115 cm³/mol. The first-order valence-corrected chi connectivity index (χ1v) is 8.79. The molecule has 8 nitrogen and oxygen atoms in total. The number of carbonyl (C=O) groups is 2. The van der Waals surface area contributed by atoms with E-state index in [2.05, 4.69) is 20.8 Å². The van der Waals surface area contributed by atoms with Gasteiger partial charge in [-0.25, -0.2) is 4.39 Å². The lowest BCUT2D eigenvalue weighted by atomic mass is 10.1. The van der Waals surface area contributed by atoms with E-state index >= 15 is 0 Å². The summed E-state index contributed by atoms with van der Waals surface area (Å²) in [6.45, 7) is 1.97. The Hall–Kier alpha value is -4.27. The number of rotatable bonds is 5. The molecule has 2 aromatic rings. The van der Waals surface area contributed by atoms with Gasteiger partial charge in [0.05, 0.1) is 0 Å². The second kappa shape index (κ2) is 10.9. The number of hydrogen-bond donors (Lipinski definition) is 4. The highest BCUT2D eigenvalue weighted by molar-refractivity contribution is 6.05. The first-order chi connectivity index (χ1) is 14.3. The van der Waals surface area contributed by atoms with Gasteiger partial charge in [0.2, 0.25) is 11.9 Å². The minimum absolute atomic E-state index is 0.299. The van der Waals surface area contributed by atoms with Crippen molar-refractivity contribution < 1.29 is 14.0 Å². The van der Waals surface area contributed by atoms with Gasteiger partial charge in [0.25, 0.3) is 11.8 Å². The van der Waals surface area contributed by atoms with Crippen LogP contribution in [0.5, 0.6) is 0 Å². The minimum Gasteiger partial charge on any atom is -0.368 e. The first-order valence-electron chi connectivity index (χ1n) is 8.79. The lowest BCUT2D eigenvalue weighted by Crippen LogP contribution is -2.37. The van der Waals surface area contributed by atoms with Crippen LogP contribution in [0.15, 0.2) is 70.9 Å². The highest BCUT2D eigenvalue weighted by Crippen LogP contribution is 2.05. The number of nitrogens with zero attached hydrogens (tertiary/aromatic N) is 2. The van der Waals surface area contributed by atoms with E-state index in [9.17, 15) is 14.0 Å². The smallest absolute Gasteiger partial charge is 0.250 e. The summed E-state index contributed by atoms with van der Waals surface area (Å²) in [7, 11) is 0. The second-order valence-electron chi connectivity index (χ2n) is 6.08. The number of amides is 2. The van der Waals surface area contributed by atoms with E-state index in [1.54, 1.807) is 6.08 Å². The zero-order valence-corrected chi connectivity index (χ0v) is 16.2. The van der Waals surface area contributed by atoms with Gasteiger partial charge in [0.1, 0.15) is 5.82 Å². The van der Waals surface area contributed by atoms with E-state index in [1.165, 1.54) is 42.5 Å². The number of nitrogens with two attached hydrogens (primary N) is 2. The Morgan fingerprint density at radius 2 is 1.20 bits per heavy atom. The van der Waals surface area contributed by atoms with Crippen LogP contribution in [0.2, 0.25) is 0 Å². The monoisotopic (exact) mass is 408 g/mol. The summed E-state index contributed by atoms with van der Waals surface area (Å²) < 4.78 is 12.8. The molecule has 2 amide bonds. The number of halogens is 1. The van der Waals surface area contributed by atoms with Gasteiger partial charge in [-0.15, -0.1) is 10.2 Å². The van der Waals surface area contributed by atoms with Crippen molar-refractivity contribution in [2.24, 2.45) is 21.7 Å². The normalized spacial score (nSPS) is 12.3. The Labute approximate surface area is 172 Å². The Kier molecular flexibility index (Phi) is 8.01. The lowest BCUT2D eigenvalue weighted by Gasteiger charge is -2.01. The molecule has 0 saturated carbocycles. The highest BCUT2D eigenvalue weighted by Gasteiger charge is 2.01. The van der Waals surface area contributed by atoms with Crippen molar-refractivity contribution in [3.8, 4) is 0 Å². The molecule has 0 spiro atoms. The Bertz CT molecular complexity index is 925. The molecule has 154 valence electrons. The molecule has 0 aliphatic heterocycles. The first kappa shape index (κ1) is 22.0. The summed E-state index contributed by atoms with van der Waals surface area (Å²) >= 11 is 0. The van der Waals surface area contributed by atoms with Crippen LogP contribution in [0.1, 0.15) is 16.7 Å². The van der Waals surface area contributed by atoms with Crippen molar-refractivity contribution in [2.75, 3.05) is 0 Å². The number of hydrogen-bond acceptors (Lipinski definition) is 4. The van der Waals surface area contributed by atoms with Crippen molar-refractivity contribution >= 4 is 35.9 Å². The standard InChI is InChI=1S/C21H21FN6O2/c1-14-2-4-15(5-3-14)8-12-18(29)25-20(23)27-28-21(24)26-19(30)13-9-16-6-10-17(22)11-7-16/h2-13H,1H3,(H3,23,25,27,29)(H3,24,26,28,30). The summed E-state index contributed by atoms with van der Waals surface area (Å²) in [6.07, 6.45) is 5.58. The zero-order chi connectivity index (χ0) is 21.9. The molecule has 0 radical (unpaired) electrons. The van der Waals surface area contributed by atoms with Gasteiger partial charge in [-0.2, -0.15) is 0 Å². The molecule has 0 unspecified atom stereocenters. The van der Waals surface area contributed by atoms with E-state index in [4.69, 9.17) is 11.5 Å². The Balaban J connectivity index is 1.84. The Morgan fingerprint density at radius 3 is 1.63 bits per heavy atom. The fourth-order valence-electron chi connectivity index (χ4n) is 2.09. The zero-order valence-electron chi connectivity index (χ0n) is 16.2. The molecule has 9 heteroatoms. The van der Waals surface area contributed by atoms with Crippen LogP contribution >= 0.6 is 0 Å². The van der Waals surface area contributed by atoms with Crippen LogP contribution in [0.25, 0.3) is 12.2 Å². The number of carbonyl (C=O) groups excluding carboxylic acids is 2. The predicted octanol–water partition coefficient (Wildman–Crippen LogP) is 1.64. The van der Waals surface area contributed by atoms with Gasteiger partial charge < -0.3 is 11.5 Å². The summed E-state index contributed by atoms with van der Waals surface area (Å²) in [5, 5.41) is 11.6. The van der Waals surface area contributed by atoms with Crippen LogP contribution in [0.4, 0.5) is 4.39 Å². The van der Waals surface area contributed by atoms with Crippen molar-refractivity contribution in [1.29, 1.82) is 0 Å². The molecule has 2 aromatic carbocycles. The molecular weight excluding hydrogens is 387 g/mol. The number of benzene rings is 2. The summed E-state index contributed by atoms with van der Waals surface area (Å²) in [5.41, 5.74) is 13.7. The van der Waals surface area contributed by atoms with Gasteiger partial charge in [0, 0.05) is 12.2 Å². The van der Waals surface area contributed by atoms with Crippen LogP contribution < -0.4 is 22.1 Å². The third-order valence-corrected chi connectivity index (χ3v) is 3.57. The molecule has 0 aromatic heterocycles. The van der Waals surface area contributed by atoms with Crippen LogP contribution in [0.3, 0.4) is 0 Å². The van der Waals surface area contributed by atoms with E-state index in [-0.39, 0.29) is 17.7 Å². The SMILES string of the molecule is Cc1ccc(C=CC(=O)NC(N)=NN=C(N)NC(=O)C=Cc2ccc(F)cc2)cc1. The number of nitrogens with one attached hydrogen (secondary N) is 2. The van der Waals surface area contributed by atoms with E-state index in [0.29, 0.717) is 5.56 Å². The highest BCUT2D eigenvalue weighted by atomic mass is 19.1. The molecule has 0 aliphatic rings. The third kappa shape index (κ3) is 8.17. The molecule has 0 fully saturated rings. The maximum Gasteiger partial charge on any atom is 0.250 e. The summed E-state index contributed by atoms with van der Waals surface area (Å²) in [4.78, 5) is 23.6. The summed E-state index contributed by atoms with van der Waals surface area (Å²) in [5.74, 6) is -2.07. The van der Waals surface area contributed by atoms with Crippen LogP contribution in [0, 0.1) is 12.7 Å². The van der Waals surface area contributed by atoms with Gasteiger partial charge in [0.15, 0.2) is 0 Å². The maximum absolute atomic E-state index is 12.8. The van der Waals surface area contributed by atoms with E-state index in [1.807, 2.05) is 31.2 Å². The minimum atomic E-state index is -0.570. The van der Waals surface area contributed by atoms with Gasteiger partial charge in [-0.05, 0) is 42.3 Å². The van der Waals surface area contributed by atoms with Crippen LogP contribution in [-0.4, -0.2) is 23.7 Å². The van der Waals surface area contributed by atoms with Crippen molar-refractivity contribution in [1.82, 2.24) is 10.6 Å². The van der Waals surface area contributed by atoms with Crippen molar-refractivity contribution in [2.45, 2.75) is 6.92 Å². The third-order valence-electron chi connectivity index (χ3n) is 3.57. The summed E-state index contributed by atoms with van der Waals surface area (Å²) in [6, 6.07) is 13.2. The quantitative estimate of drug-likeness (QED) is 0.259. The number of guanidine groups is 2. The molecule has 0 bridgehead atoms. The molecular formula is C21H21FN6O2. The molecule has 6 N–H and O–H groups in total. The average Bonchev–Trinajstić information content (AvgIpc) is 2.71. The molecule has 2 rings (SSSR count). The van der Waals surface area contributed by atoms with Crippen molar-refractivity contribution in [3.05, 3.63) is 83.2 Å². The molecule has 0 saturated heterocycles. The van der Waals surface area contributed by atoms with Gasteiger partial charge in [-0.3, -0.25) is 20.2 Å². The molecule has 0 atom stereocenters. The van der Waals surface area contributed by atoms with Gasteiger partial charge in [-0.1, -0.05) is 42.0 Å². The molecule has 30 heavy (non-hydrogen) atoms. The largest absolute Gasteiger partial charge is 0.368 e. The Morgan fingerprint density at radius 1 is 0.800 bits per heavy atom. The van der Waals surface area contributed by atoms with Crippen LogP contribution in [-0.2, 0) is 9.59 Å². The fourth-order valence-corrected chi connectivity index (χ4v) is 2.09. The fraction of sp³-hybridized carbons (Fsp3) is 0.0476. The average molecular weight is 408 g/mol. The lowest BCUT2D eigenvalue weighted by molar-refractivity contribution is -0.116. The number of aryl methyl sites for hydroxylation is 1. The van der Waals surface area contributed by atoms with Gasteiger partial charge >= 0.3 is 0 Å². The van der Waals surface area contributed by atoms with E-state index < -0.39 is 11.8 Å². The molecule has 0 heterocycles. The van der Waals surface area contributed by atoms with Crippen molar-refractivity contribution in [3.63, 3.8) is 0 Å². The molecule has 0 aliphatic carbocycles.